The van der Waals surface area contributed by atoms with Gasteiger partial charge in [0.05, 0.1) is 12.1 Å². The quantitative estimate of drug-likeness (QED) is 0.719. The standard InChI is InChI=1S/C18H15NO3/c20-16(9-10-17(21)22)19-18-14-7-3-1-5-12(14)11-13-6-2-4-8-15(13)18/h1-8,11H,9-10H2,(H,19,20)(H,21,22). The maximum Gasteiger partial charge on any atom is 0.303 e. The van der Waals surface area contributed by atoms with Gasteiger partial charge in [-0.1, -0.05) is 48.5 Å². The zero-order valence-corrected chi connectivity index (χ0v) is 11.9. The van der Waals surface area contributed by atoms with Crippen molar-refractivity contribution in [2.45, 2.75) is 12.8 Å². The van der Waals surface area contributed by atoms with Crippen LogP contribution in [0.25, 0.3) is 21.5 Å². The lowest BCUT2D eigenvalue weighted by Gasteiger charge is -2.12. The van der Waals surface area contributed by atoms with Crippen LogP contribution in [-0.4, -0.2) is 17.0 Å². The molecule has 0 radical (unpaired) electrons. The van der Waals surface area contributed by atoms with E-state index in [1.54, 1.807) is 0 Å². The van der Waals surface area contributed by atoms with E-state index in [-0.39, 0.29) is 18.7 Å². The van der Waals surface area contributed by atoms with Crippen LogP contribution in [0, 0.1) is 0 Å². The van der Waals surface area contributed by atoms with Crippen LogP contribution in [0.15, 0.2) is 54.6 Å². The minimum atomic E-state index is -0.974. The van der Waals surface area contributed by atoms with Crippen molar-refractivity contribution >= 4 is 39.1 Å². The minimum absolute atomic E-state index is 0.0348. The Morgan fingerprint density at radius 1 is 0.864 bits per heavy atom. The van der Waals surface area contributed by atoms with E-state index in [1.165, 1.54) is 0 Å². The largest absolute Gasteiger partial charge is 0.481 e. The molecule has 2 N–H and O–H groups in total. The van der Waals surface area contributed by atoms with E-state index in [0.717, 1.165) is 27.2 Å². The molecule has 0 bridgehead atoms. The maximum atomic E-state index is 12.0. The molecule has 1 amide bonds. The predicted molar refractivity (Wildman–Crippen MR) is 87.0 cm³/mol. The molecule has 0 unspecified atom stereocenters. The van der Waals surface area contributed by atoms with E-state index in [0.29, 0.717) is 0 Å². The number of carbonyl (C=O) groups excluding carboxylic acids is 1. The van der Waals surface area contributed by atoms with E-state index in [1.807, 2.05) is 48.5 Å². The molecule has 4 heteroatoms. The van der Waals surface area contributed by atoms with Crippen molar-refractivity contribution in [3.63, 3.8) is 0 Å². The van der Waals surface area contributed by atoms with E-state index >= 15 is 0 Å². The molecule has 0 aliphatic heterocycles. The Kier molecular flexibility index (Phi) is 3.74. The summed E-state index contributed by atoms with van der Waals surface area (Å²) in [6.45, 7) is 0. The van der Waals surface area contributed by atoms with Gasteiger partial charge in [-0.15, -0.1) is 0 Å². The number of carboxylic acids is 1. The van der Waals surface area contributed by atoms with Crippen LogP contribution in [0.3, 0.4) is 0 Å². The summed E-state index contributed by atoms with van der Waals surface area (Å²) >= 11 is 0. The number of carboxylic acid groups (broad SMARTS) is 1. The Morgan fingerprint density at radius 3 is 1.95 bits per heavy atom. The summed E-state index contributed by atoms with van der Waals surface area (Å²) in [4.78, 5) is 22.6. The molecule has 3 aromatic rings. The minimum Gasteiger partial charge on any atom is -0.481 e. The van der Waals surface area contributed by atoms with Crippen molar-refractivity contribution < 1.29 is 14.7 Å². The number of aliphatic carboxylic acids is 1. The van der Waals surface area contributed by atoms with Gasteiger partial charge in [0.2, 0.25) is 5.91 Å². The first kappa shape index (κ1) is 14.1. The second-order valence-corrected chi connectivity index (χ2v) is 5.14. The first-order chi connectivity index (χ1) is 10.6. The van der Waals surface area contributed by atoms with Gasteiger partial charge in [0, 0.05) is 17.2 Å². The van der Waals surface area contributed by atoms with E-state index < -0.39 is 5.97 Å². The van der Waals surface area contributed by atoms with Crippen LogP contribution in [0.2, 0.25) is 0 Å². The topological polar surface area (TPSA) is 66.4 Å². The SMILES string of the molecule is O=C(O)CCC(=O)Nc1c2ccccc2cc2ccccc12. The van der Waals surface area contributed by atoms with Crippen molar-refractivity contribution in [2.24, 2.45) is 0 Å². The average molecular weight is 293 g/mol. The summed E-state index contributed by atoms with van der Waals surface area (Å²) < 4.78 is 0. The number of hydrogen-bond acceptors (Lipinski definition) is 2. The maximum absolute atomic E-state index is 12.0. The highest BCUT2D eigenvalue weighted by atomic mass is 16.4. The molecular formula is C18H15NO3. The van der Waals surface area contributed by atoms with Gasteiger partial charge in [-0.2, -0.15) is 0 Å². The molecule has 22 heavy (non-hydrogen) atoms. The number of carbonyl (C=O) groups is 2. The van der Waals surface area contributed by atoms with E-state index in [9.17, 15) is 9.59 Å². The van der Waals surface area contributed by atoms with Gasteiger partial charge >= 0.3 is 5.97 Å². The monoisotopic (exact) mass is 293 g/mol. The van der Waals surface area contributed by atoms with Crippen molar-refractivity contribution in [1.82, 2.24) is 0 Å². The van der Waals surface area contributed by atoms with Crippen molar-refractivity contribution in [3.05, 3.63) is 54.6 Å². The summed E-state index contributed by atoms with van der Waals surface area (Å²) in [5.74, 6) is -1.26. The number of nitrogens with one attached hydrogen (secondary N) is 1. The van der Waals surface area contributed by atoms with Crippen LogP contribution in [-0.2, 0) is 9.59 Å². The number of hydrogen-bond donors (Lipinski definition) is 2. The molecule has 0 aliphatic carbocycles. The third-order valence-electron chi connectivity index (χ3n) is 3.60. The molecule has 0 aliphatic rings. The zero-order valence-electron chi connectivity index (χ0n) is 11.9. The fraction of sp³-hybridized carbons (Fsp3) is 0.111. The number of anilines is 1. The Bertz CT molecular complexity index is 816. The normalized spacial score (nSPS) is 10.7. The van der Waals surface area contributed by atoms with Gasteiger partial charge < -0.3 is 10.4 Å². The van der Waals surface area contributed by atoms with Crippen LogP contribution in [0.1, 0.15) is 12.8 Å². The third-order valence-corrected chi connectivity index (χ3v) is 3.60. The Labute approximate surface area is 127 Å². The summed E-state index contributed by atoms with van der Waals surface area (Å²) in [6, 6.07) is 17.7. The Morgan fingerprint density at radius 2 is 1.41 bits per heavy atom. The van der Waals surface area contributed by atoms with Gasteiger partial charge in [-0.3, -0.25) is 9.59 Å². The molecule has 0 fully saturated rings. The number of benzene rings is 3. The first-order valence-electron chi connectivity index (χ1n) is 7.07. The fourth-order valence-corrected chi connectivity index (χ4v) is 2.57. The summed E-state index contributed by atoms with van der Waals surface area (Å²) in [6.07, 6.45) is -0.207. The molecule has 0 heterocycles. The summed E-state index contributed by atoms with van der Waals surface area (Å²) in [5.41, 5.74) is 0.740. The van der Waals surface area contributed by atoms with Crippen LogP contribution < -0.4 is 5.32 Å². The van der Waals surface area contributed by atoms with Gasteiger partial charge in [0.25, 0.3) is 0 Å². The lowest BCUT2D eigenvalue weighted by molar-refractivity contribution is -0.138. The highest BCUT2D eigenvalue weighted by Gasteiger charge is 2.11. The molecule has 3 aromatic carbocycles. The molecular weight excluding hydrogens is 278 g/mol. The smallest absolute Gasteiger partial charge is 0.303 e. The molecule has 110 valence electrons. The zero-order chi connectivity index (χ0) is 15.5. The number of fused-ring (bicyclic) bond motifs is 2. The van der Waals surface area contributed by atoms with Gasteiger partial charge in [-0.05, 0) is 16.8 Å². The van der Waals surface area contributed by atoms with Gasteiger partial charge in [0.1, 0.15) is 0 Å². The Hall–Kier alpha value is -2.88. The van der Waals surface area contributed by atoms with Crippen LogP contribution in [0.5, 0.6) is 0 Å². The van der Waals surface area contributed by atoms with Gasteiger partial charge in [-0.25, -0.2) is 0 Å². The fourth-order valence-electron chi connectivity index (χ4n) is 2.57. The summed E-state index contributed by atoms with van der Waals surface area (Å²) in [7, 11) is 0. The molecule has 0 atom stereocenters. The predicted octanol–water partition coefficient (Wildman–Crippen LogP) is 3.80. The molecule has 3 rings (SSSR count). The molecule has 0 saturated carbocycles. The van der Waals surface area contributed by atoms with Crippen molar-refractivity contribution in [1.29, 1.82) is 0 Å². The highest BCUT2D eigenvalue weighted by molar-refractivity contribution is 6.15. The third kappa shape index (κ3) is 2.76. The second kappa shape index (κ2) is 5.85. The van der Waals surface area contributed by atoms with Gasteiger partial charge in [0.15, 0.2) is 0 Å². The number of rotatable bonds is 4. The van der Waals surface area contributed by atoms with Crippen LogP contribution >= 0.6 is 0 Å². The van der Waals surface area contributed by atoms with E-state index in [4.69, 9.17) is 5.11 Å². The number of amides is 1. The first-order valence-corrected chi connectivity index (χ1v) is 7.07. The molecule has 4 nitrogen and oxygen atoms in total. The average Bonchev–Trinajstić information content (AvgIpc) is 2.52. The van der Waals surface area contributed by atoms with Crippen molar-refractivity contribution in [2.75, 3.05) is 5.32 Å². The second-order valence-electron chi connectivity index (χ2n) is 5.14. The molecule has 0 saturated heterocycles. The molecule has 0 aromatic heterocycles. The van der Waals surface area contributed by atoms with Crippen LogP contribution in [0.4, 0.5) is 5.69 Å². The lowest BCUT2D eigenvalue weighted by atomic mass is 10.0. The Balaban J connectivity index is 2.08. The van der Waals surface area contributed by atoms with E-state index in [2.05, 4.69) is 11.4 Å². The summed E-state index contributed by atoms with van der Waals surface area (Å²) in [5, 5.41) is 15.5. The highest BCUT2D eigenvalue weighted by Crippen LogP contribution is 2.32. The van der Waals surface area contributed by atoms with Crippen molar-refractivity contribution in [3.8, 4) is 0 Å². The molecule has 0 spiro atoms. The lowest BCUT2D eigenvalue weighted by Crippen LogP contribution is -2.13.